The van der Waals surface area contributed by atoms with Crippen LogP contribution in [0, 0.1) is 0 Å². The van der Waals surface area contributed by atoms with Crippen LogP contribution in [0.4, 0.5) is 0 Å². The van der Waals surface area contributed by atoms with E-state index < -0.39 is 49.5 Å². The maximum absolute atomic E-state index is 13.1. The molecule has 0 radical (unpaired) electrons. The summed E-state index contributed by atoms with van der Waals surface area (Å²) >= 11 is 0. The average molecular weight is 1190 g/mol. The van der Waals surface area contributed by atoms with E-state index in [1.807, 2.05) is 6.08 Å². The maximum Gasteiger partial charge on any atom is 0.220 e. The molecule has 7 atom stereocenters. The molecule has 9 nitrogen and oxygen atoms in total. The van der Waals surface area contributed by atoms with E-state index in [2.05, 4.69) is 129 Å². The number of ether oxygens (including phenoxy) is 2. The fourth-order valence-electron chi connectivity index (χ4n) is 10.5. The summed E-state index contributed by atoms with van der Waals surface area (Å²) in [6.45, 7) is 3.66. The zero-order valence-corrected chi connectivity index (χ0v) is 54.6. The molecule has 488 valence electrons. The van der Waals surface area contributed by atoms with Gasteiger partial charge in [-0.2, -0.15) is 0 Å². The molecule has 0 spiro atoms. The van der Waals surface area contributed by atoms with Crippen molar-refractivity contribution in [2.24, 2.45) is 0 Å². The Hall–Kier alpha value is -3.41. The largest absolute Gasteiger partial charge is 0.394 e. The van der Waals surface area contributed by atoms with Gasteiger partial charge in [0.2, 0.25) is 5.91 Å². The number of amides is 1. The second-order valence-electron chi connectivity index (χ2n) is 23.9. The van der Waals surface area contributed by atoms with E-state index in [-0.39, 0.29) is 12.5 Å². The zero-order chi connectivity index (χ0) is 61.4. The Bertz CT molecular complexity index is 1760. The Labute approximate surface area is 522 Å². The number of rotatable bonds is 60. The van der Waals surface area contributed by atoms with Crippen LogP contribution in [0.25, 0.3) is 0 Å². The van der Waals surface area contributed by atoms with Crippen molar-refractivity contribution in [3.63, 3.8) is 0 Å². The van der Waals surface area contributed by atoms with Crippen molar-refractivity contribution in [1.82, 2.24) is 5.32 Å². The fraction of sp³-hybridized carbons (Fsp3) is 0.724. The molecule has 1 amide bonds. The lowest BCUT2D eigenvalue weighted by atomic mass is 9.99. The van der Waals surface area contributed by atoms with E-state index in [0.29, 0.717) is 12.8 Å². The molecule has 0 bridgehead atoms. The minimum absolute atomic E-state index is 0.213. The van der Waals surface area contributed by atoms with E-state index in [0.717, 1.165) is 96.3 Å². The lowest BCUT2D eigenvalue weighted by Crippen LogP contribution is -2.60. The number of hydrogen-bond donors (Lipinski definition) is 6. The highest BCUT2D eigenvalue weighted by atomic mass is 16.7. The molecule has 1 heterocycles. The van der Waals surface area contributed by atoms with E-state index in [1.54, 1.807) is 6.08 Å². The quantitative estimate of drug-likeness (QED) is 0.0261. The Balaban J connectivity index is 2.20. The molecule has 7 unspecified atom stereocenters. The summed E-state index contributed by atoms with van der Waals surface area (Å²) in [5, 5.41) is 54.7. The molecule has 6 N–H and O–H groups in total. The van der Waals surface area contributed by atoms with Crippen LogP contribution >= 0.6 is 0 Å². The fourth-order valence-corrected chi connectivity index (χ4v) is 10.5. The third kappa shape index (κ3) is 52.3. The van der Waals surface area contributed by atoms with Crippen molar-refractivity contribution in [3.05, 3.63) is 122 Å². The number of aliphatic hydroxyl groups excluding tert-OH is 5. The van der Waals surface area contributed by atoms with Crippen molar-refractivity contribution < 1.29 is 39.8 Å². The summed E-state index contributed by atoms with van der Waals surface area (Å²) in [4.78, 5) is 13.1. The van der Waals surface area contributed by atoms with Gasteiger partial charge in [-0.05, 0) is 96.3 Å². The summed E-state index contributed by atoms with van der Waals surface area (Å²) in [6, 6.07) is -0.847. The first kappa shape index (κ1) is 79.6. The van der Waals surface area contributed by atoms with Crippen LogP contribution in [-0.2, 0) is 14.3 Å². The average Bonchev–Trinajstić information content (AvgIpc) is 3.56. The Morgan fingerprint density at radius 2 is 0.741 bits per heavy atom. The summed E-state index contributed by atoms with van der Waals surface area (Å²) in [7, 11) is 0. The molecule has 1 aliphatic rings. The topological polar surface area (TPSA) is 149 Å². The molecule has 85 heavy (non-hydrogen) atoms. The number of aliphatic hydroxyl groups is 5. The predicted octanol–water partition coefficient (Wildman–Crippen LogP) is 19.4. The molecule has 0 aromatic heterocycles. The van der Waals surface area contributed by atoms with Crippen LogP contribution in [0.15, 0.2) is 122 Å². The van der Waals surface area contributed by atoms with E-state index in [1.165, 1.54) is 173 Å². The summed E-state index contributed by atoms with van der Waals surface area (Å²) in [6.07, 6.45) is 88.8. The van der Waals surface area contributed by atoms with Crippen LogP contribution in [0.1, 0.15) is 296 Å². The standard InChI is InChI=1S/C76H131NO8/c1-3-5-7-9-11-13-15-17-19-21-23-25-27-29-31-33-34-35-36-38-39-41-43-45-47-49-51-53-55-57-59-61-63-65-70(79)69(68-84-76-75(83)74(82)73(81)71(67-78)85-76)77-72(80)66-64-62-60-58-56-54-52-50-48-46-44-42-40-37-32-30-28-26-24-22-20-18-16-14-12-10-8-6-4-2/h6,8,12,14,18,20,24,26,30,32,40,42,46,48,52,54-55,57,63,65,69-71,73-76,78-79,81-83H,3-5,7,9-11,13,15-17,19,21-23,25,27-29,31,33-39,41,43-45,47,49-51,53,56,58-62,64,66-68H2,1-2H3,(H,77,80)/b8-6-,14-12-,20-18-,26-24-,32-30-,42-40-,48-46-,54-52-,57-55+,65-63+. The van der Waals surface area contributed by atoms with Crippen LogP contribution in [-0.4, -0.2) is 87.5 Å². The number of hydrogen-bond acceptors (Lipinski definition) is 8. The molecule has 0 saturated carbocycles. The third-order valence-corrected chi connectivity index (χ3v) is 16.0. The number of carbonyl (C=O) groups excluding carboxylic acids is 1. The molecular weight excluding hydrogens is 1050 g/mol. The molecule has 0 aromatic carbocycles. The normalized spacial score (nSPS) is 18.9. The van der Waals surface area contributed by atoms with Crippen LogP contribution in [0.3, 0.4) is 0 Å². The van der Waals surface area contributed by atoms with Crippen molar-refractivity contribution in [2.75, 3.05) is 13.2 Å². The first-order valence-corrected chi connectivity index (χ1v) is 35.3. The maximum atomic E-state index is 13.1. The highest BCUT2D eigenvalue weighted by molar-refractivity contribution is 5.76. The number of unbranched alkanes of at least 4 members (excludes halogenated alkanes) is 32. The minimum Gasteiger partial charge on any atom is -0.394 e. The van der Waals surface area contributed by atoms with Crippen molar-refractivity contribution in [1.29, 1.82) is 0 Å². The summed E-state index contributed by atoms with van der Waals surface area (Å²) < 4.78 is 11.3. The van der Waals surface area contributed by atoms with Gasteiger partial charge in [-0.3, -0.25) is 4.79 Å². The number of nitrogens with one attached hydrogen (secondary N) is 1. The second kappa shape index (κ2) is 63.6. The van der Waals surface area contributed by atoms with Crippen molar-refractivity contribution >= 4 is 5.91 Å². The lowest BCUT2D eigenvalue weighted by molar-refractivity contribution is -0.302. The SMILES string of the molecule is CC/C=C\C/C=C\C/C=C\C/C=C\C/C=C\C/C=C\C/C=C\C/C=C\CCCCCCC(=O)NC(COC1OC(CO)C(O)C(O)C1O)C(O)/C=C/CC/C=C/CCCCCCCCCCCCCCCCCCCCCCCCCCCCC. The van der Waals surface area contributed by atoms with Gasteiger partial charge in [-0.15, -0.1) is 0 Å². The molecule has 1 aliphatic heterocycles. The third-order valence-electron chi connectivity index (χ3n) is 16.0. The monoisotopic (exact) mass is 1190 g/mol. The van der Waals surface area contributed by atoms with Gasteiger partial charge in [-0.1, -0.05) is 315 Å². The zero-order valence-electron chi connectivity index (χ0n) is 54.6. The van der Waals surface area contributed by atoms with Gasteiger partial charge in [0.1, 0.15) is 24.4 Å². The Morgan fingerprint density at radius 1 is 0.412 bits per heavy atom. The highest BCUT2D eigenvalue weighted by Gasteiger charge is 2.44. The van der Waals surface area contributed by atoms with Crippen LogP contribution < -0.4 is 5.32 Å². The van der Waals surface area contributed by atoms with Crippen LogP contribution in [0.5, 0.6) is 0 Å². The van der Waals surface area contributed by atoms with E-state index >= 15 is 0 Å². The molecule has 1 fully saturated rings. The molecule has 9 heteroatoms. The van der Waals surface area contributed by atoms with Gasteiger partial charge in [0, 0.05) is 6.42 Å². The van der Waals surface area contributed by atoms with Crippen molar-refractivity contribution in [2.45, 2.75) is 339 Å². The minimum atomic E-state index is -1.59. The molecular formula is C76H131NO8. The van der Waals surface area contributed by atoms with Gasteiger partial charge in [0.15, 0.2) is 6.29 Å². The lowest BCUT2D eigenvalue weighted by Gasteiger charge is -2.40. The second-order valence-corrected chi connectivity index (χ2v) is 23.9. The van der Waals surface area contributed by atoms with Crippen LogP contribution in [0.2, 0.25) is 0 Å². The molecule has 0 aromatic rings. The first-order valence-electron chi connectivity index (χ1n) is 35.3. The number of allylic oxidation sites excluding steroid dienone is 19. The van der Waals surface area contributed by atoms with Gasteiger partial charge < -0.3 is 40.3 Å². The Kier molecular flexibility index (Phi) is 59.6. The van der Waals surface area contributed by atoms with Gasteiger partial charge >= 0.3 is 0 Å². The summed E-state index contributed by atoms with van der Waals surface area (Å²) in [5.74, 6) is -0.213. The smallest absolute Gasteiger partial charge is 0.220 e. The van der Waals surface area contributed by atoms with Crippen molar-refractivity contribution in [3.8, 4) is 0 Å². The van der Waals surface area contributed by atoms with Gasteiger partial charge in [0.05, 0.1) is 25.4 Å². The first-order chi connectivity index (χ1) is 41.8. The summed E-state index contributed by atoms with van der Waals surface area (Å²) in [5.41, 5.74) is 0. The molecule has 1 saturated heterocycles. The van der Waals surface area contributed by atoms with Gasteiger partial charge in [0.25, 0.3) is 0 Å². The van der Waals surface area contributed by atoms with E-state index in [9.17, 15) is 30.3 Å². The Morgan fingerprint density at radius 3 is 1.13 bits per heavy atom. The van der Waals surface area contributed by atoms with E-state index in [4.69, 9.17) is 9.47 Å². The number of carbonyl (C=O) groups is 1. The highest BCUT2D eigenvalue weighted by Crippen LogP contribution is 2.23. The molecule has 1 rings (SSSR count). The molecule has 0 aliphatic carbocycles. The predicted molar refractivity (Wildman–Crippen MR) is 364 cm³/mol. The van der Waals surface area contributed by atoms with Gasteiger partial charge in [-0.25, -0.2) is 0 Å².